The quantitative estimate of drug-likeness (QED) is 0.559. The molecule has 0 N–H and O–H groups in total. The standard InChI is InChI=1S/C11H17NO/c1-9(2)4-3-5-12-6-7-13-11-8-10(11)12/h9-11H,5-8H2,1-2H3. The largest absolute Gasteiger partial charge is 0.375 e. The molecule has 0 aromatic carbocycles. The van der Waals surface area contributed by atoms with Gasteiger partial charge in [0.2, 0.25) is 0 Å². The van der Waals surface area contributed by atoms with Crippen molar-refractivity contribution in [3.8, 4) is 11.8 Å². The zero-order chi connectivity index (χ0) is 9.26. The lowest BCUT2D eigenvalue weighted by Gasteiger charge is -2.23. The van der Waals surface area contributed by atoms with Gasteiger partial charge >= 0.3 is 0 Å². The molecule has 2 fully saturated rings. The second-order valence-corrected chi connectivity index (χ2v) is 4.16. The van der Waals surface area contributed by atoms with Gasteiger partial charge in [0, 0.05) is 18.5 Å². The molecule has 1 heterocycles. The fourth-order valence-corrected chi connectivity index (χ4v) is 1.76. The maximum absolute atomic E-state index is 5.52. The maximum Gasteiger partial charge on any atom is 0.0748 e. The summed E-state index contributed by atoms with van der Waals surface area (Å²) in [5.74, 6) is 6.93. The summed E-state index contributed by atoms with van der Waals surface area (Å²) in [5, 5.41) is 0. The molecule has 2 heteroatoms. The Morgan fingerprint density at radius 2 is 2.38 bits per heavy atom. The molecule has 0 radical (unpaired) electrons. The van der Waals surface area contributed by atoms with Gasteiger partial charge in [0.25, 0.3) is 0 Å². The van der Waals surface area contributed by atoms with Crippen molar-refractivity contribution in [3.63, 3.8) is 0 Å². The van der Waals surface area contributed by atoms with Crippen molar-refractivity contribution < 1.29 is 4.74 Å². The summed E-state index contributed by atoms with van der Waals surface area (Å²) in [6.07, 6.45) is 1.76. The van der Waals surface area contributed by atoms with Crippen molar-refractivity contribution >= 4 is 0 Å². The van der Waals surface area contributed by atoms with Gasteiger partial charge in [-0.25, -0.2) is 0 Å². The molecule has 2 aliphatic rings. The number of hydrogen-bond donors (Lipinski definition) is 0. The minimum Gasteiger partial charge on any atom is -0.375 e. The third kappa shape index (κ3) is 2.24. The summed E-state index contributed by atoms with van der Waals surface area (Å²) in [6, 6.07) is 0.690. The van der Waals surface area contributed by atoms with E-state index in [2.05, 4.69) is 30.6 Å². The van der Waals surface area contributed by atoms with Crippen LogP contribution in [0.1, 0.15) is 20.3 Å². The molecule has 13 heavy (non-hydrogen) atoms. The molecule has 1 aliphatic heterocycles. The molecule has 1 saturated carbocycles. The predicted molar refractivity (Wildman–Crippen MR) is 52.3 cm³/mol. The Hall–Kier alpha value is -0.520. The molecular weight excluding hydrogens is 162 g/mol. The SMILES string of the molecule is CC(C)C#CCN1CCOC2CC21. The van der Waals surface area contributed by atoms with Gasteiger partial charge in [-0.3, -0.25) is 4.90 Å². The van der Waals surface area contributed by atoms with Gasteiger partial charge in [0.1, 0.15) is 0 Å². The molecule has 72 valence electrons. The summed E-state index contributed by atoms with van der Waals surface area (Å²) >= 11 is 0. The van der Waals surface area contributed by atoms with Crippen LogP contribution in [0.25, 0.3) is 0 Å². The molecule has 0 amide bonds. The van der Waals surface area contributed by atoms with E-state index in [1.807, 2.05) is 0 Å². The van der Waals surface area contributed by atoms with E-state index in [-0.39, 0.29) is 0 Å². The van der Waals surface area contributed by atoms with Crippen molar-refractivity contribution in [1.82, 2.24) is 4.90 Å². The van der Waals surface area contributed by atoms with E-state index >= 15 is 0 Å². The molecule has 1 aliphatic carbocycles. The predicted octanol–water partition coefficient (Wildman–Crippen LogP) is 1.12. The molecule has 0 aromatic heterocycles. The van der Waals surface area contributed by atoms with Crippen molar-refractivity contribution in [2.45, 2.75) is 32.4 Å². The van der Waals surface area contributed by atoms with Gasteiger partial charge in [-0.2, -0.15) is 0 Å². The number of nitrogens with zero attached hydrogens (tertiary/aromatic N) is 1. The van der Waals surface area contributed by atoms with Crippen LogP contribution in [0.3, 0.4) is 0 Å². The Kier molecular flexibility index (Phi) is 2.57. The molecule has 0 aromatic rings. The molecule has 1 saturated heterocycles. The maximum atomic E-state index is 5.52. The van der Waals surface area contributed by atoms with Crippen LogP contribution in [0.15, 0.2) is 0 Å². The number of morpholine rings is 1. The summed E-state index contributed by atoms with van der Waals surface area (Å²) < 4.78 is 5.52. The van der Waals surface area contributed by atoms with E-state index in [9.17, 15) is 0 Å². The van der Waals surface area contributed by atoms with Gasteiger partial charge in [-0.15, -0.1) is 0 Å². The van der Waals surface area contributed by atoms with E-state index in [1.54, 1.807) is 0 Å². The van der Waals surface area contributed by atoms with Crippen molar-refractivity contribution in [2.75, 3.05) is 19.7 Å². The highest BCUT2D eigenvalue weighted by molar-refractivity contribution is 5.07. The first-order valence-electron chi connectivity index (χ1n) is 5.11. The average molecular weight is 179 g/mol. The topological polar surface area (TPSA) is 12.5 Å². The average Bonchev–Trinajstić information content (AvgIpc) is 2.82. The lowest BCUT2D eigenvalue weighted by atomic mass is 10.2. The highest BCUT2D eigenvalue weighted by Crippen LogP contribution is 2.33. The first-order chi connectivity index (χ1) is 6.27. The zero-order valence-electron chi connectivity index (χ0n) is 8.42. The van der Waals surface area contributed by atoms with Crippen LogP contribution >= 0.6 is 0 Å². The second-order valence-electron chi connectivity index (χ2n) is 4.16. The highest BCUT2D eigenvalue weighted by Gasteiger charge is 2.45. The van der Waals surface area contributed by atoms with Gasteiger partial charge in [0.15, 0.2) is 0 Å². The van der Waals surface area contributed by atoms with E-state index in [0.717, 1.165) is 19.7 Å². The smallest absolute Gasteiger partial charge is 0.0748 e. The molecule has 2 unspecified atom stereocenters. The Bertz CT molecular complexity index is 238. The Balaban J connectivity index is 1.79. The Morgan fingerprint density at radius 1 is 1.54 bits per heavy atom. The minimum atomic E-state index is 0.496. The number of hydrogen-bond acceptors (Lipinski definition) is 2. The van der Waals surface area contributed by atoms with Crippen LogP contribution in [0, 0.1) is 17.8 Å². The van der Waals surface area contributed by atoms with E-state index in [1.165, 1.54) is 6.42 Å². The molecule has 2 atom stereocenters. The van der Waals surface area contributed by atoms with Crippen LogP contribution in [0.4, 0.5) is 0 Å². The first-order valence-corrected chi connectivity index (χ1v) is 5.11. The van der Waals surface area contributed by atoms with E-state index in [4.69, 9.17) is 4.74 Å². The molecular formula is C11H17NO. The van der Waals surface area contributed by atoms with Crippen molar-refractivity contribution in [3.05, 3.63) is 0 Å². The third-order valence-corrected chi connectivity index (χ3v) is 2.55. The fraction of sp³-hybridized carbons (Fsp3) is 0.818. The third-order valence-electron chi connectivity index (χ3n) is 2.55. The van der Waals surface area contributed by atoms with E-state index < -0.39 is 0 Å². The Morgan fingerprint density at radius 3 is 3.15 bits per heavy atom. The van der Waals surface area contributed by atoms with Crippen LogP contribution in [0.2, 0.25) is 0 Å². The number of ether oxygens (including phenoxy) is 1. The normalized spacial score (nSPS) is 32.2. The van der Waals surface area contributed by atoms with E-state index in [0.29, 0.717) is 18.1 Å². The van der Waals surface area contributed by atoms with Crippen molar-refractivity contribution in [1.29, 1.82) is 0 Å². The highest BCUT2D eigenvalue weighted by atomic mass is 16.5. The summed E-state index contributed by atoms with van der Waals surface area (Å²) in [6.45, 7) is 7.15. The van der Waals surface area contributed by atoms with Crippen LogP contribution in [0.5, 0.6) is 0 Å². The van der Waals surface area contributed by atoms with Crippen LogP contribution in [-0.4, -0.2) is 36.7 Å². The number of fused-ring (bicyclic) bond motifs is 1. The molecule has 2 nitrogen and oxygen atoms in total. The summed E-state index contributed by atoms with van der Waals surface area (Å²) in [4.78, 5) is 2.45. The van der Waals surface area contributed by atoms with Gasteiger partial charge in [-0.05, 0) is 6.42 Å². The van der Waals surface area contributed by atoms with Crippen molar-refractivity contribution in [2.24, 2.45) is 5.92 Å². The summed E-state index contributed by atoms with van der Waals surface area (Å²) in [7, 11) is 0. The molecule has 0 bridgehead atoms. The lowest BCUT2D eigenvalue weighted by molar-refractivity contribution is 0.0370. The monoisotopic (exact) mass is 179 g/mol. The lowest BCUT2D eigenvalue weighted by Crippen LogP contribution is -2.36. The fourth-order valence-electron chi connectivity index (χ4n) is 1.76. The molecule has 0 spiro atoms. The molecule has 2 rings (SSSR count). The van der Waals surface area contributed by atoms with Gasteiger partial charge in [-0.1, -0.05) is 25.7 Å². The van der Waals surface area contributed by atoms with Gasteiger partial charge < -0.3 is 4.74 Å². The van der Waals surface area contributed by atoms with Crippen LogP contribution in [-0.2, 0) is 4.74 Å². The number of rotatable bonds is 1. The zero-order valence-corrected chi connectivity index (χ0v) is 8.42. The van der Waals surface area contributed by atoms with Crippen LogP contribution < -0.4 is 0 Å². The first kappa shape index (κ1) is 9.05. The second kappa shape index (κ2) is 3.69. The summed E-state index contributed by atoms with van der Waals surface area (Å²) in [5.41, 5.74) is 0. The Labute approximate surface area is 80.2 Å². The van der Waals surface area contributed by atoms with Gasteiger partial charge in [0.05, 0.1) is 19.3 Å². The minimum absolute atomic E-state index is 0.496.